The molecule has 1 N–H and O–H groups in total. The molecule has 3 rings (SSSR count). The number of anilines is 2. The van der Waals surface area contributed by atoms with Crippen LogP contribution in [0.5, 0.6) is 0 Å². The van der Waals surface area contributed by atoms with Gasteiger partial charge in [0.1, 0.15) is 0 Å². The van der Waals surface area contributed by atoms with E-state index >= 15 is 0 Å². The van der Waals surface area contributed by atoms with Crippen LogP contribution in [0.1, 0.15) is 24.2 Å². The summed E-state index contributed by atoms with van der Waals surface area (Å²) in [5, 5.41) is 0. The largest absolute Gasteiger partial charge is 0.434 e. The van der Waals surface area contributed by atoms with Gasteiger partial charge in [0.05, 0.1) is 16.6 Å². The third-order valence-electron chi connectivity index (χ3n) is 4.40. The van der Waals surface area contributed by atoms with Gasteiger partial charge < -0.3 is 4.74 Å². The van der Waals surface area contributed by atoms with Crippen LogP contribution in [0.3, 0.4) is 0 Å². The van der Waals surface area contributed by atoms with Crippen molar-refractivity contribution in [3.8, 4) is 0 Å². The zero-order valence-electron chi connectivity index (χ0n) is 15.7. The summed E-state index contributed by atoms with van der Waals surface area (Å²) >= 11 is 0. The number of carbonyl (C=O) groups is 2. The lowest BCUT2D eigenvalue weighted by atomic mass is 10.1. The number of ketones is 1. The molecule has 0 radical (unpaired) electrons. The summed E-state index contributed by atoms with van der Waals surface area (Å²) in [6.07, 6.45) is -7.29. The average Bonchev–Trinajstić information content (AvgIpc) is 2.96. The van der Waals surface area contributed by atoms with Gasteiger partial charge in [-0.3, -0.25) is 14.4 Å². The zero-order chi connectivity index (χ0) is 22.3. The van der Waals surface area contributed by atoms with Gasteiger partial charge in [0.15, 0.2) is 11.6 Å². The molecule has 1 amide bonds. The van der Waals surface area contributed by atoms with Gasteiger partial charge in [-0.25, -0.2) is 18.2 Å². The van der Waals surface area contributed by atoms with Crippen LogP contribution in [0, 0.1) is 0 Å². The number of amides is 1. The number of alkyl halides is 3. The topological polar surface area (TPSA) is 106 Å². The maximum Gasteiger partial charge on any atom is 0.427 e. The lowest BCUT2D eigenvalue weighted by Gasteiger charge is -2.23. The van der Waals surface area contributed by atoms with Crippen LogP contribution >= 0.6 is 0 Å². The molecule has 1 aromatic carbocycles. The summed E-state index contributed by atoms with van der Waals surface area (Å²) in [6.45, 7) is 2.39. The van der Waals surface area contributed by atoms with Crippen LogP contribution in [-0.4, -0.2) is 43.6 Å². The Morgan fingerprint density at radius 2 is 1.93 bits per heavy atom. The molecule has 2 aromatic rings. The van der Waals surface area contributed by atoms with Crippen molar-refractivity contribution in [2.75, 3.05) is 9.62 Å². The maximum atomic E-state index is 13.1. The second-order valence-corrected chi connectivity index (χ2v) is 8.20. The van der Waals surface area contributed by atoms with E-state index in [2.05, 4.69) is 14.4 Å². The number of hydrogen-bond donors (Lipinski definition) is 1. The highest BCUT2D eigenvalue weighted by molar-refractivity contribution is 7.92. The van der Waals surface area contributed by atoms with Gasteiger partial charge in [-0.15, -0.1) is 0 Å². The minimum atomic E-state index is -4.80. The van der Waals surface area contributed by atoms with Crippen molar-refractivity contribution in [1.82, 2.24) is 4.98 Å². The van der Waals surface area contributed by atoms with E-state index in [1.54, 1.807) is 0 Å². The van der Waals surface area contributed by atoms with Gasteiger partial charge in [0, 0.05) is 11.8 Å². The summed E-state index contributed by atoms with van der Waals surface area (Å²) in [7, 11) is -4.24. The van der Waals surface area contributed by atoms with Crippen LogP contribution < -0.4 is 9.62 Å². The van der Waals surface area contributed by atoms with Crippen molar-refractivity contribution in [2.45, 2.75) is 37.1 Å². The number of ether oxygens (including phenoxy) is 1. The SMILES string of the molecule is CC(=O)c1cccc(S(=O)(=O)Nc2cccnc2N2C(=O)O[C@H](C(F)(F)F)[C@@H]2C)c1. The number of cyclic esters (lactones) is 1. The molecular formula is C18H16F3N3O5S. The second kappa shape index (κ2) is 7.59. The summed E-state index contributed by atoms with van der Waals surface area (Å²) in [5.74, 6) is -0.686. The molecule has 1 saturated heterocycles. The molecule has 0 aliphatic carbocycles. The van der Waals surface area contributed by atoms with E-state index in [1.807, 2.05) is 0 Å². The Morgan fingerprint density at radius 1 is 1.23 bits per heavy atom. The highest BCUT2D eigenvalue weighted by Gasteiger charge is 2.55. The molecule has 1 aromatic heterocycles. The van der Waals surface area contributed by atoms with Crippen molar-refractivity contribution >= 4 is 33.4 Å². The lowest BCUT2D eigenvalue weighted by molar-refractivity contribution is -0.198. The molecule has 12 heteroatoms. The van der Waals surface area contributed by atoms with E-state index in [1.165, 1.54) is 43.5 Å². The second-order valence-electron chi connectivity index (χ2n) is 6.52. The van der Waals surface area contributed by atoms with Crippen LogP contribution in [0.4, 0.5) is 29.5 Å². The van der Waals surface area contributed by atoms with Gasteiger partial charge in [-0.1, -0.05) is 12.1 Å². The molecular weight excluding hydrogens is 427 g/mol. The first-order chi connectivity index (χ1) is 13.9. The fraction of sp³-hybridized carbons (Fsp3) is 0.278. The zero-order valence-corrected chi connectivity index (χ0v) is 16.5. The van der Waals surface area contributed by atoms with Crippen LogP contribution in [0.15, 0.2) is 47.5 Å². The van der Waals surface area contributed by atoms with Crippen molar-refractivity contribution in [3.63, 3.8) is 0 Å². The molecule has 30 heavy (non-hydrogen) atoms. The predicted molar refractivity (Wildman–Crippen MR) is 99.8 cm³/mol. The van der Waals surface area contributed by atoms with Gasteiger partial charge in [0.2, 0.25) is 6.10 Å². The fourth-order valence-electron chi connectivity index (χ4n) is 2.94. The van der Waals surface area contributed by atoms with Crippen LogP contribution in [0.25, 0.3) is 0 Å². The smallest absolute Gasteiger partial charge is 0.427 e. The van der Waals surface area contributed by atoms with E-state index < -0.39 is 34.4 Å². The predicted octanol–water partition coefficient (Wildman–Crippen LogP) is 3.36. The number of nitrogens with zero attached hydrogens (tertiary/aromatic N) is 2. The highest BCUT2D eigenvalue weighted by Crippen LogP contribution is 2.37. The number of pyridine rings is 1. The molecule has 2 atom stereocenters. The van der Waals surface area contributed by atoms with Gasteiger partial charge >= 0.3 is 12.3 Å². The first-order valence-electron chi connectivity index (χ1n) is 8.57. The molecule has 8 nitrogen and oxygen atoms in total. The van der Waals surface area contributed by atoms with Crippen molar-refractivity contribution in [3.05, 3.63) is 48.2 Å². The quantitative estimate of drug-likeness (QED) is 0.711. The van der Waals surface area contributed by atoms with Crippen molar-refractivity contribution < 1.29 is 35.9 Å². The monoisotopic (exact) mass is 443 g/mol. The number of aromatic nitrogens is 1. The number of Topliss-reactive ketones (excluding diaryl/α,β-unsaturated/α-hetero) is 1. The third-order valence-corrected chi connectivity index (χ3v) is 5.77. The molecule has 1 aliphatic heterocycles. The molecule has 1 fully saturated rings. The maximum absolute atomic E-state index is 13.1. The van der Waals surface area contributed by atoms with Gasteiger partial charge in [-0.2, -0.15) is 13.2 Å². The highest BCUT2D eigenvalue weighted by atomic mass is 32.2. The minimum Gasteiger partial charge on any atom is -0.434 e. The fourth-order valence-corrected chi connectivity index (χ4v) is 4.05. The number of halogens is 3. The van der Waals surface area contributed by atoms with E-state index in [-0.39, 0.29) is 27.7 Å². The van der Waals surface area contributed by atoms with Crippen LogP contribution in [0.2, 0.25) is 0 Å². The van der Waals surface area contributed by atoms with Crippen molar-refractivity contribution in [1.29, 1.82) is 0 Å². The number of carbonyl (C=O) groups excluding carboxylic acids is 2. The summed E-state index contributed by atoms with van der Waals surface area (Å²) < 4.78 is 71.5. The summed E-state index contributed by atoms with van der Waals surface area (Å²) in [6, 6.07) is 6.34. The van der Waals surface area contributed by atoms with Gasteiger partial charge in [-0.05, 0) is 38.1 Å². The first kappa shape index (κ1) is 21.6. The Labute approximate surface area is 169 Å². The molecule has 1 aliphatic rings. The molecule has 160 valence electrons. The average molecular weight is 443 g/mol. The number of benzene rings is 1. The van der Waals surface area contributed by atoms with E-state index in [0.29, 0.717) is 4.90 Å². The van der Waals surface area contributed by atoms with E-state index in [0.717, 1.165) is 13.0 Å². The van der Waals surface area contributed by atoms with Gasteiger partial charge in [0.25, 0.3) is 10.0 Å². The molecule has 2 heterocycles. The van der Waals surface area contributed by atoms with Crippen LogP contribution in [-0.2, 0) is 14.8 Å². The summed E-state index contributed by atoms with van der Waals surface area (Å²) in [5.41, 5.74) is -0.0635. The third kappa shape index (κ3) is 4.08. The van der Waals surface area contributed by atoms with Crippen molar-refractivity contribution in [2.24, 2.45) is 0 Å². The number of rotatable bonds is 5. The molecule has 0 spiro atoms. The molecule has 0 unspecified atom stereocenters. The van der Waals surface area contributed by atoms with E-state index in [4.69, 9.17) is 0 Å². The minimum absolute atomic E-state index is 0.161. The normalized spacial score (nSPS) is 19.5. The Morgan fingerprint density at radius 3 is 2.53 bits per heavy atom. The standard InChI is InChI=1S/C18H16F3N3O5S/c1-10-15(18(19,20)21)29-17(26)24(10)16-14(7-4-8-22-16)23-30(27,28)13-6-3-5-12(9-13)11(2)25/h3-10,15,23H,1-2H3/t10-,15-/m0/s1. The van der Waals surface area contributed by atoms with E-state index in [9.17, 15) is 31.2 Å². The Hall–Kier alpha value is -3.15. The number of sulfonamides is 1. The molecule has 0 saturated carbocycles. The summed E-state index contributed by atoms with van der Waals surface area (Å²) in [4.78, 5) is 27.9. The number of hydrogen-bond acceptors (Lipinski definition) is 6. The Balaban J connectivity index is 1.98. The first-order valence-corrected chi connectivity index (χ1v) is 10.1. The molecule has 0 bridgehead atoms. The number of nitrogens with one attached hydrogen (secondary N) is 1. The Kier molecular flexibility index (Phi) is 5.46. The lowest BCUT2D eigenvalue weighted by Crippen LogP contribution is -2.41. The Bertz CT molecular complexity index is 1100.